The third kappa shape index (κ3) is 4.90. The van der Waals surface area contributed by atoms with Crippen LogP contribution in [0.4, 0.5) is 0 Å². The van der Waals surface area contributed by atoms with E-state index in [2.05, 4.69) is 22.7 Å². The molecule has 1 aromatic carbocycles. The van der Waals surface area contributed by atoms with Crippen LogP contribution in [-0.4, -0.2) is 36.1 Å². The van der Waals surface area contributed by atoms with Gasteiger partial charge in [-0.1, -0.05) is 11.6 Å². The summed E-state index contributed by atoms with van der Waals surface area (Å²) in [7, 11) is 1.41. The van der Waals surface area contributed by atoms with Gasteiger partial charge in [0.05, 0.1) is 13.3 Å². The lowest BCUT2D eigenvalue weighted by molar-refractivity contribution is -0.139. The van der Waals surface area contributed by atoms with E-state index in [0.29, 0.717) is 10.6 Å². The minimum absolute atomic E-state index is 0.0109. The predicted molar refractivity (Wildman–Crippen MR) is 78.6 cm³/mol. The number of nitrogens with one attached hydrogen (secondary N) is 1. The standard InChI is InChI=1S/C11H12ClN3O4S/c1-18-8-3-7(12)2-6(4-14-15-11(13)20)10(8)19-5-9(16)17/h2-4H,5H2,1H3,(H,16,17)(H3,13,15,20). The highest BCUT2D eigenvalue weighted by atomic mass is 35.5. The molecule has 0 saturated carbocycles. The summed E-state index contributed by atoms with van der Waals surface area (Å²) in [6.45, 7) is -0.526. The van der Waals surface area contributed by atoms with Gasteiger partial charge in [0.25, 0.3) is 0 Å². The van der Waals surface area contributed by atoms with Crippen molar-refractivity contribution in [2.24, 2.45) is 10.8 Å². The minimum atomic E-state index is -1.12. The molecular weight excluding hydrogens is 306 g/mol. The summed E-state index contributed by atoms with van der Waals surface area (Å²) in [5.41, 5.74) is 8.01. The summed E-state index contributed by atoms with van der Waals surface area (Å²) < 4.78 is 10.3. The first kappa shape index (κ1) is 16.0. The van der Waals surface area contributed by atoms with Crippen LogP contribution in [0.1, 0.15) is 5.56 Å². The van der Waals surface area contributed by atoms with E-state index in [1.807, 2.05) is 0 Å². The number of hydrogen-bond donors (Lipinski definition) is 3. The number of nitrogens with zero attached hydrogens (tertiary/aromatic N) is 1. The van der Waals surface area contributed by atoms with Crippen molar-refractivity contribution >= 4 is 41.1 Å². The number of hydrogen-bond acceptors (Lipinski definition) is 5. The van der Waals surface area contributed by atoms with Gasteiger partial charge in [-0.05, 0) is 18.3 Å². The van der Waals surface area contributed by atoms with Gasteiger partial charge in [-0.2, -0.15) is 5.10 Å². The van der Waals surface area contributed by atoms with Crippen LogP contribution in [-0.2, 0) is 4.79 Å². The molecule has 0 radical (unpaired) electrons. The maximum Gasteiger partial charge on any atom is 0.341 e. The van der Waals surface area contributed by atoms with Crippen molar-refractivity contribution in [3.63, 3.8) is 0 Å². The van der Waals surface area contributed by atoms with Crippen molar-refractivity contribution in [2.75, 3.05) is 13.7 Å². The number of methoxy groups -OCH3 is 1. The fourth-order valence-corrected chi connectivity index (χ4v) is 1.56. The Morgan fingerprint density at radius 3 is 2.90 bits per heavy atom. The number of aliphatic carboxylic acids is 1. The number of carbonyl (C=O) groups is 1. The first-order chi connectivity index (χ1) is 9.43. The van der Waals surface area contributed by atoms with E-state index < -0.39 is 12.6 Å². The van der Waals surface area contributed by atoms with Crippen LogP contribution in [0, 0.1) is 0 Å². The molecule has 20 heavy (non-hydrogen) atoms. The maximum absolute atomic E-state index is 10.6. The smallest absolute Gasteiger partial charge is 0.341 e. The summed E-state index contributed by atoms with van der Waals surface area (Å²) >= 11 is 10.5. The fourth-order valence-electron chi connectivity index (χ4n) is 1.29. The lowest BCUT2D eigenvalue weighted by Crippen LogP contribution is -2.24. The molecule has 0 aliphatic heterocycles. The molecule has 4 N–H and O–H groups in total. The number of thiocarbonyl (C=S) groups is 1. The molecule has 1 aromatic rings. The van der Waals surface area contributed by atoms with E-state index in [4.69, 9.17) is 31.9 Å². The van der Waals surface area contributed by atoms with Gasteiger partial charge in [-0.15, -0.1) is 0 Å². The number of benzene rings is 1. The summed E-state index contributed by atoms with van der Waals surface area (Å²) in [6.07, 6.45) is 1.34. The number of ether oxygens (including phenoxy) is 2. The van der Waals surface area contributed by atoms with Gasteiger partial charge in [0.2, 0.25) is 0 Å². The lowest BCUT2D eigenvalue weighted by Gasteiger charge is -2.12. The molecular formula is C11H12ClN3O4S. The third-order valence-corrected chi connectivity index (χ3v) is 2.30. The second-order valence-electron chi connectivity index (χ2n) is 3.44. The Hall–Kier alpha value is -2.06. The zero-order valence-corrected chi connectivity index (χ0v) is 12.0. The summed E-state index contributed by atoms with van der Waals surface area (Å²) in [5, 5.41) is 12.8. The molecule has 0 aromatic heterocycles. The van der Waals surface area contributed by atoms with Crippen molar-refractivity contribution < 1.29 is 19.4 Å². The normalized spacial score (nSPS) is 10.3. The van der Waals surface area contributed by atoms with Gasteiger partial charge in [-0.3, -0.25) is 5.43 Å². The second kappa shape index (κ2) is 7.51. The van der Waals surface area contributed by atoms with Crippen molar-refractivity contribution in [2.45, 2.75) is 0 Å². The molecule has 0 aliphatic rings. The Morgan fingerprint density at radius 1 is 1.65 bits per heavy atom. The van der Waals surface area contributed by atoms with Gasteiger partial charge in [0.1, 0.15) is 0 Å². The van der Waals surface area contributed by atoms with Crippen LogP contribution >= 0.6 is 23.8 Å². The summed E-state index contributed by atoms with van der Waals surface area (Å²) in [4.78, 5) is 10.6. The summed E-state index contributed by atoms with van der Waals surface area (Å²) in [6, 6.07) is 3.03. The molecule has 0 bridgehead atoms. The monoisotopic (exact) mass is 317 g/mol. The van der Waals surface area contributed by atoms with Crippen molar-refractivity contribution in [3.8, 4) is 11.5 Å². The largest absolute Gasteiger partial charge is 0.493 e. The molecule has 0 unspecified atom stereocenters. The first-order valence-corrected chi connectivity index (χ1v) is 6.03. The van der Waals surface area contributed by atoms with E-state index in [1.54, 1.807) is 0 Å². The lowest BCUT2D eigenvalue weighted by atomic mass is 10.2. The molecule has 7 nitrogen and oxygen atoms in total. The third-order valence-electron chi connectivity index (χ3n) is 1.99. The highest BCUT2D eigenvalue weighted by molar-refractivity contribution is 7.80. The SMILES string of the molecule is COc1cc(Cl)cc(C=NNC(N)=S)c1OCC(=O)O. The highest BCUT2D eigenvalue weighted by Gasteiger charge is 2.13. The topological polar surface area (TPSA) is 106 Å². The van der Waals surface area contributed by atoms with E-state index in [9.17, 15) is 4.79 Å². The Morgan fingerprint density at radius 2 is 2.35 bits per heavy atom. The molecule has 108 valence electrons. The molecule has 0 heterocycles. The molecule has 0 spiro atoms. The van der Waals surface area contributed by atoms with Crippen LogP contribution in [0.3, 0.4) is 0 Å². The molecule has 1 rings (SSSR count). The van der Waals surface area contributed by atoms with Crippen LogP contribution in [0.15, 0.2) is 17.2 Å². The van der Waals surface area contributed by atoms with E-state index >= 15 is 0 Å². The summed E-state index contributed by atoms with van der Waals surface area (Å²) in [5.74, 6) is -0.630. The quantitative estimate of drug-likeness (QED) is 0.408. The van der Waals surface area contributed by atoms with Crippen molar-refractivity contribution in [1.82, 2.24) is 5.43 Å². The average Bonchev–Trinajstić information content (AvgIpc) is 2.36. The van der Waals surface area contributed by atoms with Crippen LogP contribution in [0.5, 0.6) is 11.5 Å². The zero-order chi connectivity index (χ0) is 15.1. The molecule has 0 saturated heterocycles. The molecule has 0 aliphatic carbocycles. The van der Waals surface area contributed by atoms with Gasteiger partial charge < -0.3 is 20.3 Å². The predicted octanol–water partition coefficient (Wildman–Crippen LogP) is 0.979. The Balaban J connectivity index is 3.10. The van der Waals surface area contributed by atoms with Crippen molar-refractivity contribution in [1.29, 1.82) is 0 Å². The van der Waals surface area contributed by atoms with Crippen molar-refractivity contribution in [3.05, 3.63) is 22.7 Å². The Kier molecular flexibility index (Phi) is 6.01. The van der Waals surface area contributed by atoms with Crippen LogP contribution in [0.25, 0.3) is 0 Å². The van der Waals surface area contributed by atoms with Crippen LogP contribution in [0.2, 0.25) is 5.02 Å². The van der Waals surface area contributed by atoms with Gasteiger partial charge in [-0.25, -0.2) is 4.79 Å². The Labute approximate surface area is 125 Å². The number of carboxylic acid groups (broad SMARTS) is 1. The minimum Gasteiger partial charge on any atom is -0.493 e. The number of carboxylic acids is 1. The first-order valence-electron chi connectivity index (χ1n) is 5.24. The molecule has 9 heteroatoms. The molecule has 0 atom stereocenters. The van der Waals surface area contributed by atoms with Crippen LogP contribution < -0.4 is 20.6 Å². The maximum atomic E-state index is 10.6. The molecule has 0 fully saturated rings. The Bertz CT molecular complexity index is 551. The number of hydrazone groups is 1. The van der Waals surface area contributed by atoms with E-state index in [1.165, 1.54) is 25.5 Å². The zero-order valence-electron chi connectivity index (χ0n) is 10.4. The fraction of sp³-hybridized carbons (Fsp3) is 0.182. The molecule has 0 amide bonds. The highest BCUT2D eigenvalue weighted by Crippen LogP contribution is 2.33. The average molecular weight is 318 g/mol. The second-order valence-corrected chi connectivity index (χ2v) is 4.32. The van der Waals surface area contributed by atoms with E-state index in [0.717, 1.165) is 0 Å². The van der Waals surface area contributed by atoms with Gasteiger partial charge >= 0.3 is 5.97 Å². The van der Waals surface area contributed by atoms with E-state index in [-0.39, 0.29) is 16.6 Å². The number of rotatable bonds is 6. The number of halogens is 1. The van der Waals surface area contributed by atoms with Gasteiger partial charge in [0.15, 0.2) is 23.2 Å². The van der Waals surface area contributed by atoms with Gasteiger partial charge in [0, 0.05) is 16.7 Å². The number of nitrogens with two attached hydrogens (primary N) is 1.